The molecule has 1 saturated carbocycles. The number of nitrogens with zero attached hydrogens (tertiary/aromatic N) is 2. The molecule has 1 aliphatic rings. The van der Waals surface area contributed by atoms with E-state index in [1.807, 2.05) is 13.1 Å². The quantitative estimate of drug-likeness (QED) is 0.907. The van der Waals surface area contributed by atoms with Crippen LogP contribution in [0.25, 0.3) is 0 Å². The molecule has 0 atom stereocenters. The molecule has 0 unspecified atom stereocenters. The van der Waals surface area contributed by atoms with E-state index in [4.69, 9.17) is 0 Å². The third kappa shape index (κ3) is 2.98. The smallest absolute Gasteiger partial charge is 0.203 e. The Kier molecular flexibility index (Phi) is 3.42. The number of imidazole rings is 1. The highest BCUT2D eigenvalue weighted by Gasteiger charge is 2.26. The Balaban J connectivity index is 1.62. The summed E-state index contributed by atoms with van der Waals surface area (Å²) in [5.74, 6) is -0.215. The maximum atomic E-state index is 13.1. The molecule has 1 aromatic carbocycles. The van der Waals surface area contributed by atoms with Gasteiger partial charge in [-0.05, 0) is 43.9 Å². The number of anilines is 1. The summed E-state index contributed by atoms with van der Waals surface area (Å²) in [6.45, 7) is 2.57. The van der Waals surface area contributed by atoms with Crippen molar-refractivity contribution >= 4 is 5.95 Å². The Labute approximate surface area is 116 Å². The number of hydrogen-bond acceptors (Lipinski definition) is 2. The highest BCUT2D eigenvalue weighted by Crippen LogP contribution is 2.37. The zero-order chi connectivity index (χ0) is 14.1. The zero-order valence-electron chi connectivity index (χ0n) is 11.4. The lowest BCUT2D eigenvalue weighted by atomic mass is 10.1. The summed E-state index contributed by atoms with van der Waals surface area (Å²) in [6, 6.07) is 4.18. The van der Waals surface area contributed by atoms with Crippen LogP contribution in [0.2, 0.25) is 0 Å². The van der Waals surface area contributed by atoms with Crippen molar-refractivity contribution in [3.05, 3.63) is 47.3 Å². The van der Waals surface area contributed by atoms with Gasteiger partial charge in [0.05, 0.1) is 5.69 Å². The second-order valence-corrected chi connectivity index (χ2v) is 5.30. The van der Waals surface area contributed by atoms with E-state index in [1.54, 1.807) is 0 Å². The summed E-state index contributed by atoms with van der Waals surface area (Å²) in [7, 11) is 0. The van der Waals surface area contributed by atoms with Crippen molar-refractivity contribution in [2.75, 3.05) is 11.9 Å². The van der Waals surface area contributed by atoms with Crippen molar-refractivity contribution in [2.45, 2.75) is 32.2 Å². The number of hydrogen-bond donors (Lipinski definition) is 1. The van der Waals surface area contributed by atoms with Crippen LogP contribution in [0.1, 0.15) is 30.1 Å². The minimum atomic E-state index is -0.532. The third-order valence-electron chi connectivity index (χ3n) is 3.41. The van der Waals surface area contributed by atoms with Crippen LogP contribution in [0.5, 0.6) is 0 Å². The second kappa shape index (κ2) is 5.23. The summed E-state index contributed by atoms with van der Waals surface area (Å²) in [4.78, 5) is 4.44. The maximum absolute atomic E-state index is 13.1. The van der Waals surface area contributed by atoms with Crippen molar-refractivity contribution in [1.29, 1.82) is 0 Å². The summed E-state index contributed by atoms with van der Waals surface area (Å²) in [5, 5.41) is 3.25. The van der Waals surface area contributed by atoms with Gasteiger partial charge in [-0.3, -0.25) is 0 Å². The molecule has 5 heteroatoms. The molecule has 106 valence electrons. The summed E-state index contributed by atoms with van der Waals surface area (Å²) in [5.41, 5.74) is 1.63. The first-order valence-corrected chi connectivity index (χ1v) is 6.86. The molecule has 1 aliphatic carbocycles. The molecular formula is C15H17F2N3. The molecule has 0 spiro atoms. The lowest BCUT2D eigenvalue weighted by molar-refractivity contribution is 0.580. The molecule has 0 aliphatic heterocycles. The molecule has 0 amide bonds. The Morgan fingerprint density at radius 2 is 1.95 bits per heavy atom. The van der Waals surface area contributed by atoms with Crippen LogP contribution < -0.4 is 5.32 Å². The number of halogens is 2. The number of aryl methyl sites for hydroxylation is 1. The summed E-state index contributed by atoms with van der Waals surface area (Å²) >= 11 is 0. The molecule has 0 saturated heterocycles. The van der Waals surface area contributed by atoms with Crippen LogP contribution in [0.4, 0.5) is 14.7 Å². The molecule has 3 rings (SSSR count). The van der Waals surface area contributed by atoms with Crippen LogP contribution >= 0.6 is 0 Å². The Hall–Kier alpha value is -1.91. The first-order chi connectivity index (χ1) is 9.61. The van der Waals surface area contributed by atoms with E-state index in [2.05, 4.69) is 14.9 Å². The average molecular weight is 277 g/mol. The summed E-state index contributed by atoms with van der Waals surface area (Å²) in [6.07, 6.45) is 4.99. The number of benzene rings is 1. The SMILES string of the molecule is Cc1cn(C2CC2)c(NCCc2cc(F)cc(F)c2)n1. The van der Waals surface area contributed by atoms with E-state index in [0.29, 0.717) is 24.6 Å². The fraction of sp³-hybridized carbons (Fsp3) is 0.400. The lowest BCUT2D eigenvalue weighted by Gasteiger charge is -2.08. The molecule has 0 radical (unpaired) electrons. The van der Waals surface area contributed by atoms with Gasteiger partial charge in [-0.15, -0.1) is 0 Å². The predicted molar refractivity (Wildman–Crippen MR) is 73.8 cm³/mol. The average Bonchev–Trinajstić information content (AvgIpc) is 3.13. The van der Waals surface area contributed by atoms with Crippen molar-refractivity contribution < 1.29 is 8.78 Å². The van der Waals surface area contributed by atoms with Crippen molar-refractivity contribution in [1.82, 2.24) is 9.55 Å². The first-order valence-electron chi connectivity index (χ1n) is 6.86. The fourth-order valence-corrected chi connectivity index (χ4v) is 2.35. The normalized spacial score (nSPS) is 14.6. The molecule has 0 bridgehead atoms. The van der Waals surface area contributed by atoms with E-state index in [9.17, 15) is 8.78 Å². The number of nitrogens with one attached hydrogen (secondary N) is 1. The highest BCUT2D eigenvalue weighted by molar-refractivity contribution is 5.31. The minimum absolute atomic E-state index is 0.532. The maximum Gasteiger partial charge on any atom is 0.203 e. The topological polar surface area (TPSA) is 29.9 Å². The molecule has 1 fully saturated rings. The van der Waals surface area contributed by atoms with Gasteiger partial charge in [-0.2, -0.15) is 0 Å². The van der Waals surface area contributed by atoms with Gasteiger partial charge < -0.3 is 9.88 Å². The van der Waals surface area contributed by atoms with Crippen LogP contribution in [-0.4, -0.2) is 16.1 Å². The second-order valence-electron chi connectivity index (χ2n) is 5.30. The molecule has 1 N–H and O–H groups in total. The van der Waals surface area contributed by atoms with E-state index >= 15 is 0 Å². The van der Waals surface area contributed by atoms with Gasteiger partial charge in [-0.1, -0.05) is 0 Å². The van der Waals surface area contributed by atoms with Crippen molar-refractivity contribution in [3.8, 4) is 0 Å². The number of rotatable bonds is 5. The van der Waals surface area contributed by atoms with Crippen LogP contribution in [0, 0.1) is 18.6 Å². The van der Waals surface area contributed by atoms with Crippen LogP contribution in [-0.2, 0) is 6.42 Å². The number of aromatic nitrogens is 2. The Bertz CT molecular complexity index is 597. The van der Waals surface area contributed by atoms with E-state index in [0.717, 1.165) is 17.7 Å². The van der Waals surface area contributed by atoms with Crippen LogP contribution in [0.3, 0.4) is 0 Å². The largest absolute Gasteiger partial charge is 0.355 e. The van der Waals surface area contributed by atoms with Gasteiger partial charge in [0.2, 0.25) is 5.95 Å². The standard InChI is InChI=1S/C15H17F2N3/c1-10-9-20(14-2-3-14)15(19-10)18-5-4-11-6-12(16)8-13(17)7-11/h6-9,14H,2-5H2,1H3,(H,18,19). The van der Waals surface area contributed by atoms with Gasteiger partial charge in [0, 0.05) is 24.8 Å². The molecule has 1 aromatic heterocycles. The molecule has 1 heterocycles. The van der Waals surface area contributed by atoms with Gasteiger partial charge in [0.15, 0.2) is 0 Å². The van der Waals surface area contributed by atoms with E-state index < -0.39 is 11.6 Å². The molecule has 3 nitrogen and oxygen atoms in total. The molecule has 2 aromatic rings. The Morgan fingerprint density at radius 1 is 1.25 bits per heavy atom. The zero-order valence-corrected chi connectivity index (χ0v) is 11.4. The fourth-order valence-electron chi connectivity index (χ4n) is 2.35. The van der Waals surface area contributed by atoms with Crippen LogP contribution in [0.15, 0.2) is 24.4 Å². The highest BCUT2D eigenvalue weighted by atomic mass is 19.1. The van der Waals surface area contributed by atoms with Crippen molar-refractivity contribution in [3.63, 3.8) is 0 Å². The monoisotopic (exact) mass is 277 g/mol. The van der Waals surface area contributed by atoms with Gasteiger partial charge >= 0.3 is 0 Å². The van der Waals surface area contributed by atoms with Gasteiger partial charge in [-0.25, -0.2) is 13.8 Å². The van der Waals surface area contributed by atoms with E-state index in [1.165, 1.54) is 25.0 Å². The lowest BCUT2D eigenvalue weighted by Crippen LogP contribution is -2.10. The summed E-state index contributed by atoms with van der Waals surface area (Å²) < 4.78 is 28.3. The molecule has 20 heavy (non-hydrogen) atoms. The van der Waals surface area contributed by atoms with Gasteiger partial charge in [0.1, 0.15) is 11.6 Å². The predicted octanol–water partition coefficient (Wildman–Crippen LogP) is 3.46. The Morgan fingerprint density at radius 3 is 2.60 bits per heavy atom. The van der Waals surface area contributed by atoms with Gasteiger partial charge in [0.25, 0.3) is 0 Å². The third-order valence-corrected chi connectivity index (χ3v) is 3.41. The molecular weight excluding hydrogens is 260 g/mol. The van der Waals surface area contributed by atoms with Crippen molar-refractivity contribution in [2.24, 2.45) is 0 Å². The first kappa shape index (κ1) is 13.1. The van der Waals surface area contributed by atoms with E-state index in [-0.39, 0.29) is 0 Å². The minimum Gasteiger partial charge on any atom is -0.355 e.